The first-order valence-electron chi connectivity index (χ1n) is 10.0. The van der Waals surface area contributed by atoms with Crippen LogP contribution in [0.1, 0.15) is 56.7 Å². The average molecular weight is 414 g/mol. The number of aromatic hydroxyl groups is 1. The quantitative estimate of drug-likeness (QED) is 0.720. The Morgan fingerprint density at radius 3 is 2.57 bits per heavy atom. The Morgan fingerprint density at radius 1 is 1.27 bits per heavy atom. The van der Waals surface area contributed by atoms with Crippen molar-refractivity contribution in [2.75, 3.05) is 7.11 Å². The molecule has 0 aliphatic carbocycles. The molecule has 2 N–H and O–H groups in total. The van der Waals surface area contributed by atoms with Crippen LogP contribution in [0.3, 0.4) is 0 Å². The predicted molar refractivity (Wildman–Crippen MR) is 112 cm³/mol. The maximum atomic E-state index is 12.5. The van der Waals surface area contributed by atoms with Crippen molar-refractivity contribution in [1.82, 2.24) is 14.6 Å². The molecule has 30 heavy (non-hydrogen) atoms. The highest BCUT2D eigenvalue weighted by molar-refractivity contribution is 6.04. The third-order valence-corrected chi connectivity index (χ3v) is 5.16. The topological polar surface area (TPSA) is 117 Å². The first-order chi connectivity index (χ1) is 14.4. The van der Waals surface area contributed by atoms with E-state index in [2.05, 4.69) is 10.1 Å². The number of unbranched alkanes of at least 4 members (excludes halogenated alkanes) is 1. The minimum absolute atomic E-state index is 0.0735. The molecule has 0 radical (unpaired) electrons. The average Bonchev–Trinajstić information content (AvgIpc) is 3.17. The second-order valence-corrected chi connectivity index (χ2v) is 7.09. The molecule has 0 bridgehead atoms. The molecule has 1 atom stereocenters. The highest BCUT2D eigenvalue weighted by Crippen LogP contribution is 2.34. The Labute approximate surface area is 173 Å². The largest absolute Gasteiger partial charge is 0.497 e. The van der Waals surface area contributed by atoms with E-state index in [1.165, 1.54) is 5.01 Å². The van der Waals surface area contributed by atoms with Crippen molar-refractivity contribution in [3.8, 4) is 11.6 Å². The van der Waals surface area contributed by atoms with E-state index in [4.69, 9.17) is 4.74 Å². The Bertz CT molecular complexity index is 1070. The van der Waals surface area contributed by atoms with Crippen molar-refractivity contribution in [3.05, 3.63) is 56.2 Å². The summed E-state index contributed by atoms with van der Waals surface area (Å²) in [5.74, 6) is 0.0552. The smallest absolute Gasteiger partial charge is 0.331 e. The zero-order chi connectivity index (χ0) is 21.8. The third kappa shape index (κ3) is 4.00. The van der Waals surface area contributed by atoms with Crippen LogP contribution in [-0.4, -0.2) is 38.4 Å². The lowest BCUT2D eigenvalue weighted by molar-refractivity contribution is -0.132. The van der Waals surface area contributed by atoms with Crippen LogP contribution >= 0.6 is 0 Å². The van der Waals surface area contributed by atoms with Crippen molar-refractivity contribution >= 4 is 11.6 Å². The first-order valence-corrected chi connectivity index (χ1v) is 10.0. The highest BCUT2D eigenvalue weighted by atomic mass is 16.5. The van der Waals surface area contributed by atoms with Gasteiger partial charge in [0, 0.05) is 19.4 Å². The number of hydrazone groups is 1. The van der Waals surface area contributed by atoms with Crippen LogP contribution in [0.5, 0.6) is 11.6 Å². The molecule has 160 valence electrons. The van der Waals surface area contributed by atoms with Crippen molar-refractivity contribution < 1.29 is 14.6 Å². The number of hydrogen-bond acceptors (Lipinski definition) is 6. The summed E-state index contributed by atoms with van der Waals surface area (Å²) < 4.78 is 6.32. The molecule has 9 heteroatoms. The molecule has 2 aromatic rings. The lowest BCUT2D eigenvalue weighted by Gasteiger charge is -2.21. The van der Waals surface area contributed by atoms with E-state index in [1.807, 2.05) is 19.1 Å². The number of rotatable bonds is 7. The van der Waals surface area contributed by atoms with Gasteiger partial charge < -0.3 is 9.84 Å². The van der Waals surface area contributed by atoms with E-state index < -0.39 is 23.2 Å². The molecule has 9 nitrogen and oxygen atoms in total. The summed E-state index contributed by atoms with van der Waals surface area (Å²) in [6, 6.07) is 6.83. The number of hydrogen-bond donors (Lipinski definition) is 2. The number of nitrogens with zero attached hydrogens (tertiary/aromatic N) is 3. The zero-order valence-corrected chi connectivity index (χ0v) is 17.3. The van der Waals surface area contributed by atoms with Gasteiger partial charge in [-0.25, -0.2) is 9.80 Å². The van der Waals surface area contributed by atoms with Crippen LogP contribution in [0.4, 0.5) is 0 Å². The number of nitrogens with one attached hydrogen (secondary N) is 1. The monoisotopic (exact) mass is 414 g/mol. The van der Waals surface area contributed by atoms with E-state index in [1.54, 1.807) is 26.2 Å². The van der Waals surface area contributed by atoms with E-state index in [0.29, 0.717) is 12.2 Å². The minimum Gasteiger partial charge on any atom is -0.497 e. The standard InChI is InChI=1S/C21H26N4O5/c1-4-6-11-24-20(28)18(19(27)22-21(24)29)15-12-16(25(23-15)17(26)5-2)13-7-9-14(30-3)10-8-13/h7-10,16,28H,4-6,11-12H2,1-3H3,(H,22,27,29)/t16-/m1/s1. The fraction of sp³-hybridized carbons (Fsp3) is 0.429. The molecule has 0 saturated heterocycles. The molecule has 2 heterocycles. The van der Waals surface area contributed by atoms with Crippen molar-refractivity contribution in [3.63, 3.8) is 0 Å². The Kier molecular flexibility index (Phi) is 6.39. The molecular weight excluding hydrogens is 388 g/mol. The summed E-state index contributed by atoms with van der Waals surface area (Å²) >= 11 is 0. The summed E-state index contributed by atoms with van der Waals surface area (Å²) in [7, 11) is 1.57. The Morgan fingerprint density at radius 2 is 1.97 bits per heavy atom. The van der Waals surface area contributed by atoms with Crippen LogP contribution in [-0.2, 0) is 11.3 Å². The van der Waals surface area contributed by atoms with E-state index in [9.17, 15) is 19.5 Å². The number of ether oxygens (including phenoxy) is 1. The van der Waals surface area contributed by atoms with Gasteiger partial charge in [-0.05, 0) is 24.1 Å². The van der Waals surface area contributed by atoms with Gasteiger partial charge in [0.15, 0.2) is 0 Å². The Balaban J connectivity index is 2.05. The molecule has 1 aliphatic heterocycles. The molecule has 1 aromatic heterocycles. The second kappa shape index (κ2) is 8.98. The van der Waals surface area contributed by atoms with Gasteiger partial charge in [-0.15, -0.1) is 0 Å². The first kappa shape index (κ1) is 21.4. The van der Waals surface area contributed by atoms with Crippen LogP contribution in [0.2, 0.25) is 0 Å². The molecule has 0 unspecified atom stereocenters. The minimum atomic E-state index is -0.719. The van der Waals surface area contributed by atoms with E-state index in [-0.39, 0.29) is 36.6 Å². The molecule has 0 spiro atoms. The summed E-state index contributed by atoms with van der Waals surface area (Å²) in [6.45, 7) is 3.97. The van der Waals surface area contributed by atoms with E-state index >= 15 is 0 Å². The molecule has 1 aromatic carbocycles. The highest BCUT2D eigenvalue weighted by Gasteiger charge is 2.35. The number of amides is 1. The lowest BCUT2D eigenvalue weighted by atomic mass is 9.99. The zero-order valence-electron chi connectivity index (χ0n) is 17.3. The number of aromatic nitrogens is 2. The van der Waals surface area contributed by atoms with Gasteiger partial charge in [0.05, 0.1) is 18.9 Å². The molecular formula is C21H26N4O5. The van der Waals surface area contributed by atoms with Crippen LogP contribution in [0, 0.1) is 0 Å². The van der Waals surface area contributed by atoms with Gasteiger partial charge in [-0.1, -0.05) is 32.4 Å². The normalized spacial score (nSPS) is 15.9. The number of carbonyl (C=O) groups excluding carboxylic acids is 1. The molecule has 0 saturated carbocycles. The maximum absolute atomic E-state index is 12.5. The van der Waals surface area contributed by atoms with Gasteiger partial charge in [-0.2, -0.15) is 5.10 Å². The number of benzene rings is 1. The lowest BCUT2D eigenvalue weighted by Crippen LogP contribution is -2.33. The second-order valence-electron chi connectivity index (χ2n) is 7.09. The van der Waals surface area contributed by atoms with Crippen molar-refractivity contribution in [2.24, 2.45) is 5.10 Å². The fourth-order valence-corrected chi connectivity index (χ4v) is 3.48. The molecule has 3 rings (SSSR count). The van der Waals surface area contributed by atoms with Crippen molar-refractivity contribution in [2.45, 2.75) is 52.1 Å². The Hall–Kier alpha value is -3.36. The summed E-state index contributed by atoms with van der Waals surface area (Å²) in [5.41, 5.74) is -0.367. The van der Waals surface area contributed by atoms with Gasteiger partial charge >= 0.3 is 5.69 Å². The van der Waals surface area contributed by atoms with Gasteiger partial charge in [0.25, 0.3) is 5.56 Å². The summed E-state index contributed by atoms with van der Waals surface area (Å²) in [5, 5.41) is 16.4. The molecule has 1 aliphatic rings. The van der Waals surface area contributed by atoms with Crippen LogP contribution in [0.15, 0.2) is 39.0 Å². The van der Waals surface area contributed by atoms with Crippen LogP contribution < -0.4 is 16.0 Å². The number of methoxy groups -OCH3 is 1. The maximum Gasteiger partial charge on any atom is 0.331 e. The van der Waals surface area contributed by atoms with Gasteiger partial charge in [0.2, 0.25) is 11.8 Å². The number of H-pyrrole nitrogens is 1. The van der Waals surface area contributed by atoms with Gasteiger partial charge in [0.1, 0.15) is 11.3 Å². The number of aromatic amines is 1. The molecule has 0 fully saturated rings. The van der Waals surface area contributed by atoms with E-state index in [0.717, 1.165) is 16.6 Å². The molecule has 1 amide bonds. The van der Waals surface area contributed by atoms with Crippen LogP contribution in [0.25, 0.3) is 0 Å². The number of carbonyl (C=O) groups is 1. The van der Waals surface area contributed by atoms with Gasteiger partial charge in [-0.3, -0.25) is 19.1 Å². The SMILES string of the molecule is CCCCn1c(O)c(C2=NN(C(=O)CC)[C@@H](c3ccc(OC)cc3)C2)c(=O)[nH]c1=O. The van der Waals surface area contributed by atoms with Crippen molar-refractivity contribution in [1.29, 1.82) is 0 Å². The predicted octanol–water partition coefficient (Wildman–Crippen LogP) is 2.14. The fourth-order valence-electron chi connectivity index (χ4n) is 3.48. The summed E-state index contributed by atoms with van der Waals surface area (Å²) in [4.78, 5) is 39.4. The summed E-state index contributed by atoms with van der Waals surface area (Å²) in [6.07, 6.45) is 1.96. The third-order valence-electron chi connectivity index (χ3n) is 5.16.